The summed E-state index contributed by atoms with van der Waals surface area (Å²) in [5, 5.41) is 5.69. The highest BCUT2D eigenvalue weighted by molar-refractivity contribution is 6.01. The van der Waals surface area contributed by atoms with E-state index in [1.807, 2.05) is 62.4 Å². The number of hydrogen-bond acceptors (Lipinski definition) is 3. The van der Waals surface area contributed by atoms with Crippen molar-refractivity contribution >= 4 is 23.4 Å². The smallest absolute Gasteiger partial charge is 0.247 e. The van der Waals surface area contributed by atoms with Crippen LogP contribution in [0.1, 0.15) is 31.9 Å². The van der Waals surface area contributed by atoms with Crippen LogP contribution < -0.4 is 15.5 Å². The second-order valence-electron chi connectivity index (χ2n) is 7.26. The zero-order valence-electron chi connectivity index (χ0n) is 16.1. The van der Waals surface area contributed by atoms with Crippen LogP contribution in [0.4, 0.5) is 5.69 Å². The van der Waals surface area contributed by atoms with E-state index < -0.39 is 12.0 Å². The molecule has 1 fully saturated rings. The Morgan fingerprint density at radius 1 is 0.964 bits per heavy atom. The van der Waals surface area contributed by atoms with Gasteiger partial charge in [0.15, 0.2) is 0 Å². The van der Waals surface area contributed by atoms with Crippen LogP contribution in [0.3, 0.4) is 0 Å². The molecule has 1 heterocycles. The third-order valence-electron chi connectivity index (χ3n) is 4.68. The molecule has 0 aliphatic carbocycles. The molecule has 1 aliphatic heterocycles. The van der Waals surface area contributed by atoms with E-state index in [1.165, 1.54) is 0 Å². The van der Waals surface area contributed by atoms with Gasteiger partial charge in [-0.15, -0.1) is 0 Å². The van der Waals surface area contributed by atoms with Gasteiger partial charge in [0.1, 0.15) is 6.04 Å². The maximum atomic E-state index is 12.9. The van der Waals surface area contributed by atoms with Crippen molar-refractivity contribution in [1.29, 1.82) is 0 Å². The molecule has 2 atom stereocenters. The van der Waals surface area contributed by atoms with Gasteiger partial charge in [0.25, 0.3) is 0 Å². The maximum Gasteiger partial charge on any atom is 0.247 e. The first-order valence-corrected chi connectivity index (χ1v) is 9.47. The van der Waals surface area contributed by atoms with Crippen molar-refractivity contribution in [2.45, 2.75) is 32.4 Å². The zero-order valence-corrected chi connectivity index (χ0v) is 16.1. The van der Waals surface area contributed by atoms with Gasteiger partial charge in [-0.3, -0.25) is 14.4 Å². The van der Waals surface area contributed by atoms with Gasteiger partial charge in [-0.25, -0.2) is 0 Å². The van der Waals surface area contributed by atoms with Crippen molar-refractivity contribution in [3.63, 3.8) is 0 Å². The molecule has 3 amide bonds. The SMILES string of the molecule is CC(C)NC(=O)C(NC(=O)C1CC(=O)N(c2ccccc2)C1)c1ccccc1. The second kappa shape index (κ2) is 8.69. The third kappa shape index (κ3) is 4.57. The van der Waals surface area contributed by atoms with E-state index in [1.54, 1.807) is 17.0 Å². The first kappa shape index (κ1) is 19.6. The summed E-state index contributed by atoms with van der Waals surface area (Å²) in [4.78, 5) is 39.5. The fourth-order valence-electron chi connectivity index (χ4n) is 3.31. The number of carbonyl (C=O) groups is 3. The molecule has 2 aromatic rings. The molecule has 2 aromatic carbocycles. The lowest BCUT2D eigenvalue weighted by molar-refractivity contribution is -0.131. The Morgan fingerprint density at radius 3 is 2.18 bits per heavy atom. The number of nitrogens with zero attached hydrogens (tertiary/aromatic N) is 1. The highest BCUT2D eigenvalue weighted by Crippen LogP contribution is 2.25. The number of anilines is 1. The Kier molecular flexibility index (Phi) is 6.09. The summed E-state index contributed by atoms with van der Waals surface area (Å²) in [5.41, 5.74) is 1.48. The molecule has 6 heteroatoms. The average Bonchev–Trinajstić information content (AvgIpc) is 3.08. The van der Waals surface area contributed by atoms with Crippen molar-refractivity contribution in [2.75, 3.05) is 11.4 Å². The molecule has 2 unspecified atom stereocenters. The lowest BCUT2D eigenvalue weighted by atomic mass is 10.0. The molecular formula is C22H25N3O3. The minimum Gasteiger partial charge on any atom is -0.352 e. The van der Waals surface area contributed by atoms with Gasteiger partial charge in [-0.1, -0.05) is 48.5 Å². The van der Waals surface area contributed by atoms with E-state index in [0.717, 1.165) is 5.69 Å². The van der Waals surface area contributed by atoms with Gasteiger partial charge < -0.3 is 15.5 Å². The molecule has 0 radical (unpaired) electrons. The van der Waals surface area contributed by atoms with Gasteiger partial charge in [0.05, 0.1) is 5.92 Å². The highest BCUT2D eigenvalue weighted by Gasteiger charge is 2.36. The Labute approximate surface area is 164 Å². The Balaban J connectivity index is 1.73. The normalized spacial score (nSPS) is 17.5. The molecule has 2 N–H and O–H groups in total. The summed E-state index contributed by atoms with van der Waals surface area (Å²) in [7, 11) is 0. The molecule has 0 saturated carbocycles. The summed E-state index contributed by atoms with van der Waals surface area (Å²) in [6.45, 7) is 4.05. The van der Waals surface area contributed by atoms with E-state index >= 15 is 0 Å². The van der Waals surface area contributed by atoms with Crippen LogP contribution in [0.2, 0.25) is 0 Å². The number of hydrogen-bond donors (Lipinski definition) is 2. The molecule has 1 aliphatic rings. The molecule has 0 bridgehead atoms. The molecule has 146 valence electrons. The Morgan fingerprint density at radius 2 is 1.57 bits per heavy atom. The van der Waals surface area contributed by atoms with Crippen LogP contribution in [0.15, 0.2) is 60.7 Å². The van der Waals surface area contributed by atoms with Crippen LogP contribution in [0, 0.1) is 5.92 Å². The van der Waals surface area contributed by atoms with Gasteiger partial charge in [0.2, 0.25) is 17.7 Å². The summed E-state index contributed by atoms with van der Waals surface area (Å²) in [5.74, 6) is -1.14. The highest BCUT2D eigenvalue weighted by atomic mass is 16.2. The summed E-state index contributed by atoms with van der Waals surface area (Å²) in [6.07, 6.45) is 0.133. The van der Waals surface area contributed by atoms with Gasteiger partial charge in [-0.2, -0.15) is 0 Å². The number of nitrogens with one attached hydrogen (secondary N) is 2. The minimum absolute atomic E-state index is 0.0442. The molecule has 28 heavy (non-hydrogen) atoms. The largest absolute Gasteiger partial charge is 0.352 e. The molecule has 0 aromatic heterocycles. The summed E-state index contributed by atoms with van der Waals surface area (Å²) in [6, 6.07) is 17.6. The van der Waals surface area contributed by atoms with Gasteiger partial charge in [0, 0.05) is 24.7 Å². The second-order valence-corrected chi connectivity index (χ2v) is 7.26. The first-order valence-electron chi connectivity index (χ1n) is 9.47. The lowest BCUT2D eigenvalue weighted by Gasteiger charge is -2.22. The maximum absolute atomic E-state index is 12.9. The number of benzene rings is 2. The zero-order chi connectivity index (χ0) is 20.1. The van der Waals surface area contributed by atoms with Crippen LogP contribution in [0.5, 0.6) is 0 Å². The first-order chi connectivity index (χ1) is 13.5. The summed E-state index contributed by atoms with van der Waals surface area (Å²) < 4.78 is 0. The molecular weight excluding hydrogens is 354 g/mol. The summed E-state index contributed by atoms with van der Waals surface area (Å²) >= 11 is 0. The van der Waals surface area contributed by atoms with Crippen molar-refractivity contribution < 1.29 is 14.4 Å². The van der Waals surface area contributed by atoms with Crippen molar-refractivity contribution in [3.05, 3.63) is 66.2 Å². The fraction of sp³-hybridized carbons (Fsp3) is 0.318. The van der Waals surface area contributed by atoms with Crippen LogP contribution in [-0.2, 0) is 14.4 Å². The number of rotatable bonds is 6. The van der Waals surface area contributed by atoms with Crippen LogP contribution in [-0.4, -0.2) is 30.3 Å². The third-order valence-corrected chi connectivity index (χ3v) is 4.68. The van der Waals surface area contributed by atoms with E-state index in [4.69, 9.17) is 0 Å². The number of carbonyl (C=O) groups excluding carboxylic acids is 3. The molecule has 3 rings (SSSR count). The topological polar surface area (TPSA) is 78.5 Å². The van der Waals surface area contributed by atoms with Crippen molar-refractivity contribution in [1.82, 2.24) is 10.6 Å². The number of para-hydroxylation sites is 1. The predicted molar refractivity (Wildman–Crippen MR) is 108 cm³/mol. The number of amides is 3. The molecule has 0 spiro atoms. The van der Waals surface area contributed by atoms with Gasteiger partial charge in [-0.05, 0) is 31.5 Å². The quantitative estimate of drug-likeness (QED) is 0.809. The lowest BCUT2D eigenvalue weighted by Crippen LogP contribution is -2.44. The van der Waals surface area contributed by atoms with E-state index in [2.05, 4.69) is 10.6 Å². The van der Waals surface area contributed by atoms with Crippen molar-refractivity contribution in [3.8, 4) is 0 Å². The van der Waals surface area contributed by atoms with E-state index in [9.17, 15) is 14.4 Å². The fourth-order valence-corrected chi connectivity index (χ4v) is 3.31. The molecule has 6 nitrogen and oxygen atoms in total. The van der Waals surface area contributed by atoms with Crippen LogP contribution in [0.25, 0.3) is 0 Å². The monoisotopic (exact) mass is 379 g/mol. The van der Waals surface area contributed by atoms with Crippen molar-refractivity contribution in [2.24, 2.45) is 5.92 Å². The van der Waals surface area contributed by atoms with Crippen LogP contribution >= 0.6 is 0 Å². The standard InChI is InChI=1S/C22H25N3O3/c1-15(2)23-22(28)20(16-9-5-3-6-10-16)24-21(27)17-13-19(26)25(14-17)18-11-7-4-8-12-18/h3-12,15,17,20H,13-14H2,1-2H3,(H,23,28)(H,24,27). The Hall–Kier alpha value is -3.15. The molecule has 1 saturated heterocycles. The van der Waals surface area contributed by atoms with E-state index in [-0.39, 0.29) is 30.2 Å². The predicted octanol–water partition coefficient (Wildman–Crippen LogP) is 2.42. The Bertz CT molecular complexity index is 837. The van der Waals surface area contributed by atoms with Gasteiger partial charge >= 0.3 is 0 Å². The van der Waals surface area contributed by atoms with E-state index in [0.29, 0.717) is 12.1 Å². The minimum atomic E-state index is -0.794. The average molecular weight is 379 g/mol.